The van der Waals surface area contributed by atoms with Crippen molar-refractivity contribution in [3.63, 3.8) is 0 Å². The third kappa shape index (κ3) is 8.16. The Hall–Kier alpha value is -3.28. The van der Waals surface area contributed by atoms with Gasteiger partial charge in [-0.15, -0.1) is 0 Å². The van der Waals surface area contributed by atoms with Crippen molar-refractivity contribution in [3.8, 4) is 33.9 Å². The van der Waals surface area contributed by atoms with Crippen LogP contribution in [-0.2, 0) is 17.1 Å². The van der Waals surface area contributed by atoms with Gasteiger partial charge in [0.2, 0.25) is 0 Å². The van der Waals surface area contributed by atoms with E-state index in [1.165, 1.54) is 10.3 Å². The second kappa shape index (κ2) is 14.7. The van der Waals surface area contributed by atoms with Crippen LogP contribution in [-0.4, -0.2) is 30.3 Å². The van der Waals surface area contributed by atoms with Crippen LogP contribution in [0.15, 0.2) is 85.5 Å². The molecule has 0 unspecified atom stereocenters. The van der Waals surface area contributed by atoms with Crippen LogP contribution < -0.4 is 0 Å². The number of hydrogen-bond acceptors (Lipinski definition) is 6. The van der Waals surface area contributed by atoms with Crippen LogP contribution >= 0.6 is 24.4 Å². The van der Waals surface area contributed by atoms with Gasteiger partial charge in [-0.25, -0.2) is 4.98 Å². The zero-order valence-corrected chi connectivity index (χ0v) is 18.5. The molecule has 31 heavy (non-hydrogen) atoms. The molecular formula is C22H14CuN6S2. The second-order valence-electron chi connectivity index (χ2n) is 5.48. The van der Waals surface area contributed by atoms with Crippen LogP contribution in [0, 0.1) is 0 Å². The Balaban J connectivity index is 0.000000620. The number of hydrogen-bond donors (Lipinski definition) is 0. The van der Waals surface area contributed by atoms with Crippen molar-refractivity contribution < 1.29 is 17.1 Å². The molecule has 0 aliphatic carbocycles. The van der Waals surface area contributed by atoms with Gasteiger partial charge in [-0.2, -0.15) is 10.3 Å². The molecule has 0 N–H and O–H groups in total. The standard InChI is InChI=1S/C20H14N4.2CNS.Cu/c1-3-10-22-17(7-1)19-12-16(15-6-5-9-21-14-15)13-20(24-19)18-8-2-4-11-23-18;2*2-1-3;/h1-14H;;;/q;2*-1;+2. The summed E-state index contributed by atoms with van der Waals surface area (Å²) >= 11 is 7.40. The molecule has 4 aromatic rings. The summed E-state index contributed by atoms with van der Waals surface area (Å²) in [6.45, 7) is 0. The SMILES string of the molecule is [Cu+2].[N-]=C=S.[N-]=C=S.c1ccc(-c2cc(-c3cccnc3)cc(-c3ccccn3)n2)nc1. The van der Waals surface area contributed by atoms with Gasteiger partial charge in [0.15, 0.2) is 0 Å². The molecule has 0 aliphatic rings. The molecule has 0 saturated carbocycles. The van der Waals surface area contributed by atoms with Crippen LogP contribution in [0.5, 0.6) is 0 Å². The van der Waals surface area contributed by atoms with E-state index in [1.54, 1.807) is 18.6 Å². The monoisotopic (exact) mass is 489 g/mol. The van der Waals surface area contributed by atoms with Crippen molar-refractivity contribution in [2.24, 2.45) is 0 Å². The predicted octanol–water partition coefficient (Wildman–Crippen LogP) is 5.58. The van der Waals surface area contributed by atoms with Crippen LogP contribution in [0.4, 0.5) is 0 Å². The molecule has 1 radical (unpaired) electrons. The molecule has 0 saturated heterocycles. The van der Waals surface area contributed by atoms with Gasteiger partial charge in [0.25, 0.3) is 0 Å². The molecule has 6 nitrogen and oxygen atoms in total. The molecule has 0 fully saturated rings. The summed E-state index contributed by atoms with van der Waals surface area (Å²) in [6.07, 6.45) is 7.16. The molecule has 4 aromatic heterocycles. The molecule has 0 atom stereocenters. The van der Waals surface area contributed by atoms with Gasteiger partial charge in [-0.3, -0.25) is 15.0 Å². The van der Waals surface area contributed by atoms with Crippen molar-refractivity contribution in [1.29, 1.82) is 0 Å². The van der Waals surface area contributed by atoms with Crippen molar-refractivity contribution in [2.75, 3.05) is 0 Å². The summed E-state index contributed by atoms with van der Waals surface area (Å²) in [4.78, 5) is 17.8. The summed E-state index contributed by atoms with van der Waals surface area (Å²) < 4.78 is 0. The maximum Gasteiger partial charge on any atom is 2.00 e. The normalized spacial score (nSPS) is 8.65. The maximum atomic E-state index is 7.13. The number of nitrogens with zero attached hydrogens (tertiary/aromatic N) is 6. The summed E-state index contributed by atoms with van der Waals surface area (Å²) in [5, 5.41) is 16.9. The predicted molar refractivity (Wildman–Crippen MR) is 126 cm³/mol. The molecular weight excluding hydrogens is 476 g/mol. The van der Waals surface area contributed by atoms with Crippen molar-refractivity contribution in [1.82, 2.24) is 19.9 Å². The Morgan fingerprint density at radius 3 is 1.55 bits per heavy atom. The number of aromatic nitrogens is 4. The van der Waals surface area contributed by atoms with Gasteiger partial charge in [0.05, 0.1) is 22.8 Å². The van der Waals surface area contributed by atoms with Gasteiger partial charge in [0, 0.05) is 30.4 Å². The molecule has 9 heteroatoms. The molecule has 155 valence electrons. The Labute approximate surface area is 201 Å². The molecule has 0 aromatic carbocycles. The van der Waals surface area contributed by atoms with Crippen LogP contribution in [0.3, 0.4) is 0 Å². The molecule has 0 spiro atoms. The quantitative estimate of drug-likeness (QED) is 0.211. The van der Waals surface area contributed by atoms with E-state index < -0.39 is 0 Å². The van der Waals surface area contributed by atoms with E-state index in [0.717, 1.165) is 33.9 Å². The third-order valence-electron chi connectivity index (χ3n) is 3.67. The summed E-state index contributed by atoms with van der Waals surface area (Å²) in [5.74, 6) is 0. The molecule has 0 bridgehead atoms. The van der Waals surface area contributed by atoms with E-state index in [-0.39, 0.29) is 17.1 Å². The Morgan fingerprint density at radius 2 is 1.16 bits per heavy atom. The number of thiocarbonyl (C=S) groups is 2. The van der Waals surface area contributed by atoms with E-state index in [2.05, 4.69) is 39.4 Å². The smallest absolute Gasteiger partial charge is 0.753 e. The van der Waals surface area contributed by atoms with Crippen molar-refractivity contribution in [2.45, 2.75) is 0 Å². The van der Waals surface area contributed by atoms with Gasteiger partial charge < -0.3 is 10.8 Å². The van der Waals surface area contributed by atoms with E-state index in [4.69, 9.17) is 15.8 Å². The van der Waals surface area contributed by atoms with Gasteiger partial charge in [-0.1, -0.05) is 42.6 Å². The van der Waals surface area contributed by atoms with Crippen LogP contribution in [0.25, 0.3) is 44.7 Å². The van der Waals surface area contributed by atoms with Crippen LogP contribution in [0.1, 0.15) is 0 Å². The average Bonchev–Trinajstić information content (AvgIpc) is 2.82. The van der Waals surface area contributed by atoms with Crippen LogP contribution in [0.2, 0.25) is 0 Å². The number of pyridine rings is 4. The fourth-order valence-electron chi connectivity index (χ4n) is 2.52. The van der Waals surface area contributed by atoms with Gasteiger partial charge in [0.1, 0.15) is 0 Å². The van der Waals surface area contributed by atoms with E-state index in [1.807, 2.05) is 66.9 Å². The summed E-state index contributed by atoms with van der Waals surface area (Å²) in [6, 6.07) is 19.7. The van der Waals surface area contributed by atoms with Gasteiger partial charge in [-0.05, 0) is 48.0 Å². The Bertz CT molecular complexity index is 979. The minimum Gasteiger partial charge on any atom is -0.753 e. The fourth-order valence-corrected chi connectivity index (χ4v) is 2.52. The first-order chi connectivity index (χ1) is 14.7. The first-order valence-corrected chi connectivity index (χ1v) is 9.33. The third-order valence-corrected chi connectivity index (χ3v) is 3.67. The second-order valence-corrected chi connectivity index (χ2v) is 5.85. The summed E-state index contributed by atoms with van der Waals surface area (Å²) in [5.41, 5.74) is 5.38. The molecule has 0 aliphatic heterocycles. The molecule has 4 heterocycles. The Morgan fingerprint density at radius 1 is 0.645 bits per heavy atom. The minimum atomic E-state index is 0. The van der Waals surface area contributed by atoms with E-state index in [9.17, 15) is 0 Å². The van der Waals surface area contributed by atoms with Crippen molar-refractivity contribution in [3.05, 3.63) is 96.3 Å². The minimum absolute atomic E-state index is 0. The van der Waals surface area contributed by atoms with Crippen molar-refractivity contribution >= 4 is 34.8 Å². The molecule has 0 amide bonds. The van der Waals surface area contributed by atoms with Gasteiger partial charge >= 0.3 is 17.1 Å². The number of rotatable bonds is 3. The average molecular weight is 490 g/mol. The summed E-state index contributed by atoms with van der Waals surface area (Å²) in [7, 11) is 0. The zero-order valence-electron chi connectivity index (χ0n) is 15.9. The first kappa shape index (κ1) is 25.8. The Kier molecular flexibility index (Phi) is 12.2. The molecule has 4 rings (SSSR count). The largest absolute Gasteiger partial charge is 2.00 e. The van der Waals surface area contributed by atoms with E-state index in [0.29, 0.717) is 0 Å². The maximum absolute atomic E-state index is 7.13. The van der Waals surface area contributed by atoms with E-state index >= 15 is 0 Å². The number of isothiocyanates is 2. The first-order valence-electron chi connectivity index (χ1n) is 8.51. The zero-order chi connectivity index (χ0) is 21.6. The topological polar surface area (TPSA) is 96.2 Å². The fraction of sp³-hybridized carbons (Fsp3) is 0.